The topological polar surface area (TPSA) is 69.4 Å². The van der Waals surface area contributed by atoms with E-state index in [9.17, 15) is 9.59 Å². The Balaban J connectivity index is 2.26. The maximum atomic E-state index is 10.4. The molecule has 1 rings (SSSR count). The summed E-state index contributed by atoms with van der Waals surface area (Å²) in [5.74, 6) is 0.151. The Bertz CT molecular complexity index is 173. The van der Waals surface area contributed by atoms with Gasteiger partial charge in [-0.05, 0) is 25.7 Å². The van der Waals surface area contributed by atoms with E-state index in [1.165, 1.54) is 0 Å². The summed E-state index contributed by atoms with van der Waals surface area (Å²) < 4.78 is 4.81. The molecule has 0 saturated heterocycles. The zero-order valence-electron chi connectivity index (χ0n) is 6.86. The van der Waals surface area contributed by atoms with Gasteiger partial charge in [-0.3, -0.25) is 0 Å². The van der Waals surface area contributed by atoms with Crippen molar-refractivity contribution >= 4 is 12.4 Å². The predicted octanol–water partition coefficient (Wildman–Crippen LogP) is 0.839. The smallest absolute Gasteiger partial charge is 0.404 e. The third kappa shape index (κ3) is 2.53. The Morgan fingerprint density at radius 1 is 1.33 bits per heavy atom. The lowest BCUT2D eigenvalue weighted by Gasteiger charge is -2.24. The minimum Gasteiger partial charge on any atom is -0.446 e. The maximum Gasteiger partial charge on any atom is 0.404 e. The molecule has 4 nitrogen and oxygen atoms in total. The minimum atomic E-state index is -0.718. The highest BCUT2D eigenvalue weighted by Gasteiger charge is 2.22. The number of carbonyl (C=O) groups is 2. The van der Waals surface area contributed by atoms with Gasteiger partial charge in [0, 0.05) is 5.92 Å². The Morgan fingerprint density at radius 3 is 2.33 bits per heavy atom. The van der Waals surface area contributed by atoms with Crippen LogP contribution in [0, 0.1) is 5.92 Å². The molecular weight excluding hydrogens is 158 g/mol. The van der Waals surface area contributed by atoms with Crippen LogP contribution < -0.4 is 5.73 Å². The summed E-state index contributed by atoms with van der Waals surface area (Å²) in [6.45, 7) is 0. The molecule has 1 fully saturated rings. The van der Waals surface area contributed by atoms with E-state index in [0.29, 0.717) is 0 Å². The minimum absolute atomic E-state index is 0.0706. The second-order valence-corrected chi connectivity index (χ2v) is 3.11. The molecule has 2 N–H and O–H groups in total. The Labute approximate surface area is 71.1 Å². The van der Waals surface area contributed by atoms with Crippen LogP contribution in [0.15, 0.2) is 0 Å². The molecule has 1 amide bonds. The van der Waals surface area contributed by atoms with Gasteiger partial charge in [0.2, 0.25) is 0 Å². The standard InChI is InChI=1S/C8H13NO3/c9-8(11)12-7-3-1-6(5-10)2-4-7/h5-7H,1-4H2,(H2,9,11). The molecule has 0 spiro atoms. The van der Waals surface area contributed by atoms with E-state index in [0.717, 1.165) is 32.0 Å². The normalized spacial score (nSPS) is 29.3. The molecule has 0 bridgehead atoms. The third-order valence-corrected chi connectivity index (χ3v) is 2.19. The van der Waals surface area contributed by atoms with Gasteiger partial charge in [-0.15, -0.1) is 0 Å². The summed E-state index contributed by atoms with van der Waals surface area (Å²) in [6.07, 6.45) is 3.31. The summed E-state index contributed by atoms with van der Waals surface area (Å²) in [4.78, 5) is 20.7. The van der Waals surface area contributed by atoms with Crippen molar-refractivity contribution in [1.29, 1.82) is 0 Å². The fourth-order valence-corrected chi connectivity index (χ4v) is 1.51. The summed E-state index contributed by atoms with van der Waals surface area (Å²) in [5.41, 5.74) is 4.86. The van der Waals surface area contributed by atoms with Gasteiger partial charge in [-0.25, -0.2) is 4.79 Å². The predicted molar refractivity (Wildman–Crippen MR) is 42.5 cm³/mol. The summed E-state index contributed by atoms with van der Waals surface area (Å²) in [5, 5.41) is 0. The lowest BCUT2D eigenvalue weighted by molar-refractivity contribution is -0.112. The molecule has 12 heavy (non-hydrogen) atoms. The number of amides is 1. The van der Waals surface area contributed by atoms with Gasteiger partial charge in [-0.2, -0.15) is 0 Å². The Morgan fingerprint density at radius 2 is 1.92 bits per heavy atom. The lowest BCUT2D eigenvalue weighted by Crippen LogP contribution is -2.27. The molecular formula is C8H13NO3. The average Bonchev–Trinajstić information content (AvgIpc) is 2.05. The highest BCUT2D eigenvalue weighted by Crippen LogP contribution is 2.24. The van der Waals surface area contributed by atoms with E-state index in [4.69, 9.17) is 10.5 Å². The fourth-order valence-electron chi connectivity index (χ4n) is 1.51. The van der Waals surface area contributed by atoms with E-state index in [2.05, 4.69) is 0 Å². The third-order valence-electron chi connectivity index (χ3n) is 2.19. The molecule has 4 heteroatoms. The largest absolute Gasteiger partial charge is 0.446 e. The van der Waals surface area contributed by atoms with Gasteiger partial charge in [0.25, 0.3) is 0 Å². The van der Waals surface area contributed by atoms with Crippen LogP contribution >= 0.6 is 0 Å². The number of aldehydes is 1. The van der Waals surface area contributed by atoms with Crippen molar-refractivity contribution in [1.82, 2.24) is 0 Å². The molecule has 0 heterocycles. The molecule has 1 saturated carbocycles. The van der Waals surface area contributed by atoms with Crippen LogP contribution in [0.1, 0.15) is 25.7 Å². The van der Waals surface area contributed by atoms with Gasteiger partial charge in [0.05, 0.1) is 0 Å². The number of ether oxygens (including phenoxy) is 1. The van der Waals surface area contributed by atoms with Crippen molar-refractivity contribution in [2.75, 3.05) is 0 Å². The number of hydrogen-bond donors (Lipinski definition) is 1. The second-order valence-electron chi connectivity index (χ2n) is 3.11. The van der Waals surface area contributed by atoms with Crippen molar-refractivity contribution in [3.8, 4) is 0 Å². The van der Waals surface area contributed by atoms with Crippen LogP contribution in [0.3, 0.4) is 0 Å². The molecule has 0 aromatic rings. The Hall–Kier alpha value is -1.06. The SMILES string of the molecule is NC(=O)OC1CCC(C=O)CC1. The molecule has 0 unspecified atom stereocenters. The first-order valence-corrected chi connectivity index (χ1v) is 4.13. The van der Waals surface area contributed by atoms with Crippen molar-refractivity contribution in [3.63, 3.8) is 0 Å². The average molecular weight is 171 g/mol. The highest BCUT2D eigenvalue weighted by molar-refractivity contribution is 5.64. The molecule has 0 aromatic carbocycles. The number of carbonyl (C=O) groups excluding carboxylic acids is 2. The number of nitrogens with two attached hydrogens (primary N) is 1. The molecule has 68 valence electrons. The van der Waals surface area contributed by atoms with Crippen LogP contribution in [-0.4, -0.2) is 18.5 Å². The van der Waals surface area contributed by atoms with E-state index < -0.39 is 6.09 Å². The van der Waals surface area contributed by atoms with Gasteiger partial charge in [-0.1, -0.05) is 0 Å². The number of rotatable bonds is 2. The molecule has 0 aliphatic heterocycles. The number of hydrogen-bond acceptors (Lipinski definition) is 3. The van der Waals surface area contributed by atoms with E-state index in [1.807, 2.05) is 0 Å². The first kappa shape index (κ1) is 9.03. The van der Waals surface area contributed by atoms with Crippen LogP contribution in [0.4, 0.5) is 4.79 Å². The maximum absolute atomic E-state index is 10.4. The summed E-state index contributed by atoms with van der Waals surface area (Å²) >= 11 is 0. The first-order valence-electron chi connectivity index (χ1n) is 4.13. The Kier molecular flexibility index (Phi) is 3.08. The van der Waals surface area contributed by atoms with Gasteiger partial charge in [0.1, 0.15) is 12.4 Å². The summed E-state index contributed by atoms with van der Waals surface area (Å²) in [7, 11) is 0. The molecule has 1 aliphatic carbocycles. The van der Waals surface area contributed by atoms with Gasteiger partial charge >= 0.3 is 6.09 Å². The van der Waals surface area contributed by atoms with E-state index in [-0.39, 0.29) is 12.0 Å². The first-order chi connectivity index (χ1) is 5.72. The molecule has 1 aliphatic rings. The van der Waals surface area contributed by atoms with Crippen LogP contribution in [-0.2, 0) is 9.53 Å². The highest BCUT2D eigenvalue weighted by atomic mass is 16.6. The van der Waals surface area contributed by atoms with Crippen LogP contribution in [0.2, 0.25) is 0 Å². The van der Waals surface area contributed by atoms with Crippen LogP contribution in [0.5, 0.6) is 0 Å². The zero-order chi connectivity index (χ0) is 8.97. The van der Waals surface area contributed by atoms with E-state index >= 15 is 0 Å². The van der Waals surface area contributed by atoms with Gasteiger partial charge < -0.3 is 15.3 Å². The van der Waals surface area contributed by atoms with E-state index in [1.54, 1.807) is 0 Å². The second kappa shape index (κ2) is 4.09. The van der Waals surface area contributed by atoms with Crippen LogP contribution in [0.25, 0.3) is 0 Å². The quantitative estimate of drug-likeness (QED) is 0.626. The monoisotopic (exact) mass is 171 g/mol. The molecule has 0 atom stereocenters. The summed E-state index contributed by atoms with van der Waals surface area (Å²) in [6, 6.07) is 0. The van der Waals surface area contributed by atoms with Crippen molar-refractivity contribution in [2.45, 2.75) is 31.8 Å². The molecule has 0 aromatic heterocycles. The van der Waals surface area contributed by atoms with Crippen molar-refractivity contribution in [2.24, 2.45) is 11.7 Å². The van der Waals surface area contributed by atoms with Crippen molar-refractivity contribution in [3.05, 3.63) is 0 Å². The lowest BCUT2D eigenvalue weighted by atomic mass is 9.88. The number of primary amides is 1. The van der Waals surface area contributed by atoms with Crippen molar-refractivity contribution < 1.29 is 14.3 Å². The zero-order valence-corrected chi connectivity index (χ0v) is 6.86. The van der Waals surface area contributed by atoms with Gasteiger partial charge in [0.15, 0.2) is 0 Å². The fraction of sp³-hybridized carbons (Fsp3) is 0.750. The molecule has 0 radical (unpaired) electrons.